The van der Waals surface area contributed by atoms with Gasteiger partial charge in [-0.1, -0.05) is 6.92 Å². The number of rotatable bonds is 6. The molecule has 1 fully saturated rings. The molecule has 0 amide bonds. The number of ether oxygens (including phenoxy) is 1. The van der Waals surface area contributed by atoms with Crippen LogP contribution in [0.4, 0.5) is 0 Å². The molecule has 3 nitrogen and oxygen atoms in total. The fraction of sp³-hybridized carbons (Fsp3) is 1.00. The lowest BCUT2D eigenvalue weighted by Gasteiger charge is -2.27. The highest BCUT2D eigenvalue weighted by Gasteiger charge is 2.28. The molecule has 14 heavy (non-hydrogen) atoms. The van der Waals surface area contributed by atoms with Gasteiger partial charge < -0.3 is 9.84 Å². The number of nitrogens with zero attached hydrogens (tertiary/aromatic N) is 1. The van der Waals surface area contributed by atoms with Crippen molar-refractivity contribution in [1.29, 1.82) is 0 Å². The maximum absolute atomic E-state index is 8.57. The van der Waals surface area contributed by atoms with Crippen LogP contribution >= 0.6 is 0 Å². The molecule has 1 N–H and O–H groups in total. The zero-order valence-electron chi connectivity index (χ0n) is 9.41. The van der Waals surface area contributed by atoms with Crippen molar-refractivity contribution in [2.75, 3.05) is 26.4 Å². The highest BCUT2D eigenvalue weighted by molar-refractivity contribution is 4.83. The number of likely N-dealkylation sites (tertiary alicyclic amines) is 1. The van der Waals surface area contributed by atoms with E-state index in [2.05, 4.69) is 18.7 Å². The molecule has 1 heterocycles. The largest absolute Gasteiger partial charge is 0.394 e. The third-order valence-corrected chi connectivity index (χ3v) is 3.15. The lowest BCUT2D eigenvalue weighted by atomic mass is 10.2. The van der Waals surface area contributed by atoms with Crippen molar-refractivity contribution in [2.24, 2.45) is 0 Å². The molecule has 1 aliphatic heterocycles. The normalized spacial score (nSPS) is 28.5. The SMILES string of the molecule is CCC1CCC(C)N1CCOCCO. The average Bonchev–Trinajstić information content (AvgIpc) is 2.55. The van der Waals surface area contributed by atoms with Gasteiger partial charge in [0.05, 0.1) is 19.8 Å². The van der Waals surface area contributed by atoms with E-state index in [1.807, 2.05) is 0 Å². The van der Waals surface area contributed by atoms with Gasteiger partial charge in [0.25, 0.3) is 0 Å². The van der Waals surface area contributed by atoms with Crippen LogP contribution in [0.3, 0.4) is 0 Å². The third kappa shape index (κ3) is 3.23. The minimum atomic E-state index is 0.132. The van der Waals surface area contributed by atoms with E-state index in [-0.39, 0.29) is 6.61 Å². The van der Waals surface area contributed by atoms with Crippen LogP contribution in [0.15, 0.2) is 0 Å². The Morgan fingerprint density at radius 2 is 2.14 bits per heavy atom. The van der Waals surface area contributed by atoms with Gasteiger partial charge in [0.1, 0.15) is 0 Å². The van der Waals surface area contributed by atoms with Crippen LogP contribution in [0, 0.1) is 0 Å². The van der Waals surface area contributed by atoms with Gasteiger partial charge in [0.2, 0.25) is 0 Å². The first-order chi connectivity index (χ1) is 6.79. The van der Waals surface area contributed by atoms with Crippen LogP contribution in [0.2, 0.25) is 0 Å². The van der Waals surface area contributed by atoms with Crippen LogP contribution in [0.1, 0.15) is 33.1 Å². The van der Waals surface area contributed by atoms with Gasteiger partial charge in [-0.05, 0) is 26.2 Å². The summed E-state index contributed by atoms with van der Waals surface area (Å²) in [6, 6.07) is 1.46. The lowest BCUT2D eigenvalue weighted by molar-refractivity contribution is 0.0626. The maximum Gasteiger partial charge on any atom is 0.0698 e. The molecule has 0 bridgehead atoms. The Bertz CT molecular complexity index is 152. The van der Waals surface area contributed by atoms with Crippen molar-refractivity contribution in [1.82, 2.24) is 4.90 Å². The molecule has 2 atom stereocenters. The molecule has 0 aromatic rings. The van der Waals surface area contributed by atoms with E-state index in [1.54, 1.807) is 0 Å². The predicted octanol–water partition coefficient (Wildman–Crippen LogP) is 1.26. The second kappa shape index (κ2) is 6.38. The Kier molecular flexibility index (Phi) is 5.45. The first kappa shape index (κ1) is 12.0. The first-order valence-corrected chi connectivity index (χ1v) is 5.74. The van der Waals surface area contributed by atoms with Gasteiger partial charge in [-0.3, -0.25) is 4.90 Å². The van der Waals surface area contributed by atoms with E-state index >= 15 is 0 Å². The smallest absolute Gasteiger partial charge is 0.0698 e. The molecule has 0 spiro atoms. The molecule has 3 heteroatoms. The second-order valence-electron chi connectivity index (χ2n) is 4.06. The zero-order valence-corrected chi connectivity index (χ0v) is 9.41. The molecular formula is C11H23NO2. The Morgan fingerprint density at radius 3 is 2.79 bits per heavy atom. The summed E-state index contributed by atoms with van der Waals surface area (Å²) in [5, 5.41) is 8.57. The van der Waals surface area contributed by atoms with Crippen LogP contribution in [-0.4, -0.2) is 48.5 Å². The second-order valence-corrected chi connectivity index (χ2v) is 4.06. The Balaban J connectivity index is 2.19. The zero-order chi connectivity index (χ0) is 10.4. The summed E-state index contributed by atoms with van der Waals surface area (Å²) in [6.07, 6.45) is 3.89. The van der Waals surface area contributed by atoms with Crippen molar-refractivity contribution in [3.05, 3.63) is 0 Å². The maximum atomic E-state index is 8.57. The summed E-state index contributed by atoms with van der Waals surface area (Å²) in [7, 11) is 0. The van der Waals surface area contributed by atoms with Crippen LogP contribution in [0.25, 0.3) is 0 Å². The summed E-state index contributed by atoms with van der Waals surface area (Å²) in [5.74, 6) is 0. The topological polar surface area (TPSA) is 32.7 Å². The summed E-state index contributed by atoms with van der Waals surface area (Å²) < 4.78 is 5.29. The van der Waals surface area contributed by atoms with Crippen LogP contribution in [0.5, 0.6) is 0 Å². The van der Waals surface area contributed by atoms with Crippen LogP contribution in [-0.2, 0) is 4.74 Å². The standard InChI is InChI=1S/C11H23NO2/c1-3-11-5-4-10(2)12(11)6-8-14-9-7-13/h10-11,13H,3-9H2,1-2H3. The molecule has 0 aliphatic carbocycles. The quantitative estimate of drug-likeness (QED) is 0.657. The number of hydrogen-bond acceptors (Lipinski definition) is 3. The summed E-state index contributed by atoms with van der Waals surface area (Å²) >= 11 is 0. The molecular weight excluding hydrogens is 178 g/mol. The molecule has 1 saturated heterocycles. The van der Waals surface area contributed by atoms with E-state index in [9.17, 15) is 0 Å². The van der Waals surface area contributed by atoms with Gasteiger partial charge in [0, 0.05) is 18.6 Å². The first-order valence-electron chi connectivity index (χ1n) is 5.74. The van der Waals surface area contributed by atoms with Gasteiger partial charge >= 0.3 is 0 Å². The van der Waals surface area contributed by atoms with Crippen molar-refractivity contribution in [3.63, 3.8) is 0 Å². The van der Waals surface area contributed by atoms with E-state index in [0.717, 1.165) is 19.2 Å². The minimum absolute atomic E-state index is 0.132. The highest BCUT2D eigenvalue weighted by atomic mass is 16.5. The van der Waals surface area contributed by atoms with E-state index < -0.39 is 0 Å². The Hall–Kier alpha value is -0.120. The summed E-state index contributed by atoms with van der Waals surface area (Å²) in [5.41, 5.74) is 0. The predicted molar refractivity (Wildman–Crippen MR) is 57.4 cm³/mol. The van der Waals surface area contributed by atoms with Gasteiger partial charge in [-0.25, -0.2) is 0 Å². The van der Waals surface area contributed by atoms with Gasteiger partial charge in [0.15, 0.2) is 0 Å². The molecule has 0 saturated carbocycles. The molecule has 1 rings (SSSR count). The van der Waals surface area contributed by atoms with Crippen molar-refractivity contribution >= 4 is 0 Å². The minimum Gasteiger partial charge on any atom is -0.394 e. The highest BCUT2D eigenvalue weighted by Crippen LogP contribution is 2.25. The molecule has 0 aromatic heterocycles. The lowest BCUT2D eigenvalue weighted by Crippen LogP contribution is -2.36. The number of aliphatic hydroxyl groups is 1. The van der Waals surface area contributed by atoms with E-state index in [4.69, 9.17) is 9.84 Å². The Labute approximate surface area is 87.1 Å². The molecule has 0 radical (unpaired) electrons. The monoisotopic (exact) mass is 201 g/mol. The van der Waals surface area contributed by atoms with Crippen molar-refractivity contribution < 1.29 is 9.84 Å². The molecule has 84 valence electrons. The number of aliphatic hydroxyl groups excluding tert-OH is 1. The van der Waals surface area contributed by atoms with Crippen LogP contribution < -0.4 is 0 Å². The fourth-order valence-electron chi connectivity index (χ4n) is 2.30. The van der Waals surface area contributed by atoms with E-state index in [0.29, 0.717) is 12.6 Å². The molecule has 1 aliphatic rings. The van der Waals surface area contributed by atoms with Gasteiger partial charge in [-0.2, -0.15) is 0 Å². The average molecular weight is 201 g/mol. The van der Waals surface area contributed by atoms with Crippen molar-refractivity contribution in [2.45, 2.75) is 45.2 Å². The third-order valence-electron chi connectivity index (χ3n) is 3.15. The van der Waals surface area contributed by atoms with Crippen molar-refractivity contribution in [3.8, 4) is 0 Å². The molecule has 2 unspecified atom stereocenters. The molecule has 0 aromatic carbocycles. The fourth-order valence-corrected chi connectivity index (χ4v) is 2.30. The summed E-state index contributed by atoms with van der Waals surface area (Å²) in [6.45, 7) is 6.92. The number of hydrogen-bond donors (Lipinski definition) is 1. The van der Waals surface area contributed by atoms with E-state index in [1.165, 1.54) is 19.3 Å². The summed E-state index contributed by atoms with van der Waals surface area (Å²) in [4.78, 5) is 2.54. The van der Waals surface area contributed by atoms with Gasteiger partial charge in [-0.15, -0.1) is 0 Å². The Morgan fingerprint density at radius 1 is 1.36 bits per heavy atom.